The van der Waals surface area contributed by atoms with E-state index in [1.165, 1.54) is 24.3 Å². The summed E-state index contributed by atoms with van der Waals surface area (Å²) in [6, 6.07) is 12.3. The first kappa shape index (κ1) is 21.8. The van der Waals surface area contributed by atoms with Crippen molar-refractivity contribution in [2.45, 2.75) is 17.4 Å². The minimum atomic E-state index is -3.86. The predicted octanol–water partition coefficient (Wildman–Crippen LogP) is 1.94. The smallest absolute Gasteiger partial charge is 0.238 e. The Bertz CT molecular complexity index is 1080. The third-order valence-electron chi connectivity index (χ3n) is 5.62. The Morgan fingerprint density at radius 1 is 1.03 bits per heavy atom. The number of hydrogen-bond donors (Lipinski definition) is 1. The summed E-state index contributed by atoms with van der Waals surface area (Å²) >= 11 is 6.04. The standard InChI is InChI=1S/C21H22ClN3O5S/c22-15-3-1-14(2-4-15)20-18(21(27)24-9-11-30-12-10-24)13-19(26)25(20)16-5-7-17(8-6-16)31(23,28)29/h1-8,18,20H,9-13H2,(H2,23,28,29)/t18-,20+/m0/s1. The van der Waals surface area contributed by atoms with Gasteiger partial charge in [-0.15, -0.1) is 0 Å². The first-order chi connectivity index (χ1) is 14.8. The van der Waals surface area contributed by atoms with Crippen LogP contribution in [0.25, 0.3) is 0 Å². The highest BCUT2D eigenvalue weighted by atomic mass is 35.5. The molecule has 31 heavy (non-hydrogen) atoms. The molecule has 2 atom stereocenters. The summed E-state index contributed by atoms with van der Waals surface area (Å²) < 4.78 is 28.5. The molecule has 0 radical (unpaired) electrons. The van der Waals surface area contributed by atoms with Gasteiger partial charge in [0.05, 0.1) is 30.1 Å². The molecule has 8 nitrogen and oxygen atoms in total. The van der Waals surface area contributed by atoms with Crippen LogP contribution < -0.4 is 10.0 Å². The first-order valence-electron chi connectivity index (χ1n) is 9.82. The van der Waals surface area contributed by atoms with Crippen LogP contribution in [0.5, 0.6) is 0 Å². The third-order valence-corrected chi connectivity index (χ3v) is 6.80. The average Bonchev–Trinajstić information content (AvgIpc) is 3.11. The Labute approximate surface area is 185 Å². The zero-order valence-electron chi connectivity index (χ0n) is 16.6. The fourth-order valence-electron chi connectivity index (χ4n) is 4.12. The normalized spacial score (nSPS) is 22.1. The highest BCUT2D eigenvalue weighted by molar-refractivity contribution is 7.89. The van der Waals surface area contributed by atoms with Gasteiger partial charge in [-0.1, -0.05) is 23.7 Å². The molecule has 2 heterocycles. The summed E-state index contributed by atoms with van der Waals surface area (Å²) in [5.74, 6) is -0.889. The number of morpholine rings is 1. The van der Waals surface area contributed by atoms with Crippen LogP contribution in [-0.4, -0.2) is 51.4 Å². The van der Waals surface area contributed by atoms with Crippen LogP contribution in [0, 0.1) is 5.92 Å². The van der Waals surface area contributed by atoms with E-state index >= 15 is 0 Å². The van der Waals surface area contributed by atoms with Gasteiger partial charge in [-0.3, -0.25) is 9.59 Å². The second-order valence-electron chi connectivity index (χ2n) is 7.55. The van der Waals surface area contributed by atoms with E-state index in [-0.39, 0.29) is 23.1 Å². The number of primary sulfonamides is 1. The fraction of sp³-hybridized carbons (Fsp3) is 0.333. The maximum atomic E-state index is 13.3. The van der Waals surface area contributed by atoms with Crippen LogP contribution in [-0.2, 0) is 24.3 Å². The van der Waals surface area contributed by atoms with Gasteiger partial charge in [0.1, 0.15) is 0 Å². The first-order valence-corrected chi connectivity index (χ1v) is 11.7. The van der Waals surface area contributed by atoms with E-state index in [4.69, 9.17) is 21.5 Å². The van der Waals surface area contributed by atoms with Gasteiger partial charge < -0.3 is 14.5 Å². The summed E-state index contributed by atoms with van der Waals surface area (Å²) in [5.41, 5.74) is 1.27. The molecule has 2 aliphatic heterocycles. The zero-order chi connectivity index (χ0) is 22.2. The number of rotatable bonds is 4. The molecule has 0 aliphatic carbocycles. The molecule has 2 saturated heterocycles. The number of anilines is 1. The van der Waals surface area contributed by atoms with Crippen molar-refractivity contribution in [1.82, 2.24) is 4.90 Å². The molecule has 0 saturated carbocycles. The number of ether oxygens (including phenoxy) is 1. The van der Waals surface area contributed by atoms with Crippen molar-refractivity contribution in [2.24, 2.45) is 11.1 Å². The number of nitrogens with zero attached hydrogens (tertiary/aromatic N) is 2. The molecule has 2 N–H and O–H groups in total. The second-order valence-corrected chi connectivity index (χ2v) is 9.55. The number of benzene rings is 2. The lowest BCUT2D eigenvalue weighted by Crippen LogP contribution is -2.45. The number of amides is 2. The van der Waals surface area contributed by atoms with Crippen LogP contribution in [0.3, 0.4) is 0 Å². The number of nitrogens with two attached hydrogens (primary N) is 1. The quantitative estimate of drug-likeness (QED) is 0.745. The fourth-order valence-corrected chi connectivity index (χ4v) is 4.76. The largest absolute Gasteiger partial charge is 0.378 e. The lowest BCUT2D eigenvalue weighted by atomic mass is 9.92. The van der Waals surface area contributed by atoms with Gasteiger partial charge >= 0.3 is 0 Å². The monoisotopic (exact) mass is 463 g/mol. The molecule has 164 valence electrons. The van der Waals surface area contributed by atoms with Crippen molar-refractivity contribution in [1.29, 1.82) is 0 Å². The number of halogens is 1. The summed E-state index contributed by atoms with van der Waals surface area (Å²) in [4.78, 5) is 29.6. The van der Waals surface area contributed by atoms with Gasteiger partial charge in [0.2, 0.25) is 21.8 Å². The Hall–Kier alpha value is -2.46. The number of sulfonamides is 1. The Kier molecular flexibility index (Phi) is 6.02. The van der Waals surface area contributed by atoms with Gasteiger partial charge in [0.25, 0.3) is 0 Å². The summed E-state index contributed by atoms with van der Waals surface area (Å²) in [7, 11) is -3.86. The van der Waals surface area contributed by atoms with Gasteiger partial charge in [0, 0.05) is 30.2 Å². The van der Waals surface area contributed by atoms with E-state index < -0.39 is 22.0 Å². The maximum Gasteiger partial charge on any atom is 0.238 e. The molecule has 2 aromatic carbocycles. The molecular weight excluding hydrogens is 442 g/mol. The van der Waals surface area contributed by atoms with Gasteiger partial charge in [-0.05, 0) is 42.0 Å². The highest BCUT2D eigenvalue weighted by Crippen LogP contribution is 2.42. The van der Waals surface area contributed by atoms with Crippen LogP contribution in [0.2, 0.25) is 5.02 Å². The molecule has 0 unspecified atom stereocenters. The zero-order valence-corrected chi connectivity index (χ0v) is 18.2. The topological polar surface area (TPSA) is 110 Å². The summed E-state index contributed by atoms with van der Waals surface area (Å²) in [5, 5.41) is 5.73. The van der Waals surface area contributed by atoms with E-state index in [0.29, 0.717) is 37.0 Å². The van der Waals surface area contributed by atoms with E-state index in [1.807, 2.05) is 0 Å². The lowest BCUT2D eigenvalue weighted by molar-refractivity contribution is -0.140. The molecule has 4 rings (SSSR count). The minimum absolute atomic E-state index is 0.0492. The lowest BCUT2D eigenvalue weighted by Gasteiger charge is -2.33. The second kappa shape index (κ2) is 8.58. The third kappa shape index (κ3) is 4.45. The van der Waals surface area contributed by atoms with Crippen molar-refractivity contribution in [2.75, 3.05) is 31.2 Å². The van der Waals surface area contributed by atoms with Crippen molar-refractivity contribution < 1.29 is 22.7 Å². The molecule has 10 heteroatoms. The molecule has 0 bridgehead atoms. The number of carbonyl (C=O) groups excluding carboxylic acids is 2. The maximum absolute atomic E-state index is 13.3. The predicted molar refractivity (Wildman–Crippen MR) is 115 cm³/mol. The average molecular weight is 464 g/mol. The van der Waals surface area contributed by atoms with E-state index in [1.54, 1.807) is 34.1 Å². The summed E-state index contributed by atoms with van der Waals surface area (Å²) in [6.45, 7) is 1.91. The van der Waals surface area contributed by atoms with Crippen LogP contribution in [0.4, 0.5) is 5.69 Å². The van der Waals surface area contributed by atoms with Gasteiger partial charge in [-0.25, -0.2) is 13.6 Å². The Balaban J connectivity index is 1.73. The van der Waals surface area contributed by atoms with E-state index in [0.717, 1.165) is 5.56 Å². The van der Waals surface area contributed by atoms with Crippen LogP contribution in [0.1, 0.15) is 18.0 Å². The molecule has 2 aliphatic rings. The molecular formula is C21H22ClN3O5S. The van der Waals surface area contributed by atoms with Crippen molar-refractivity contribution in [3.63, 3.8) is 0 Å². The molecule has 0 spiro atoms. The summed E-state index contributed by atoms with van der Waals surface area (Å²) in [6.07, 6.45) is 0.0560. The molecule has 2 fully saturated rings. The van der Waals surface area contributed by atoms with Crippen molar-refractivity contribution in [3.8, 4) is 0 Å². The number of carbonyl (C=O) groups is 2. The van der Waals surface area contributed by atoms with E-state index in [9.17, 15) is 18.0 Å². The van der Waals surface area contributed by atoms with Crippen molar-refractivity contribution in [3.05, 3.63) is 59.1 Å². The van der Waals surface area contributed by atoms with Gasteiger partial charge in [0.15, 0.2) is 0 Å². The molecule has 2 aromatic rings. The molecule has 2 amide bonds. The van der Waals surface area contributed by atoms with E-state index in [2.05, 4.69) is 0 Å². The van der Waals surface area contributed by atoms with Gasteiger partial charge in [-0.2, -0.15) is 0 Å². The SMILES string of the molecule is NS(=O)(=O)c1ccc(N2C(=O)C[C@H](C(=O)N3CCOCC3)[C@H]2c2ccc(Cl)cc2)cc1. The van der Waals surface area contributed by atoms with Crippen LogP contribution in [0.15, 0.2) is 53.4 Å². The van der Waals surface area contributed by atoms with Crippen LogP contribution >= 0.6 is 11.6 Å². The van der Waals surface area contributed by atoms with Crippen molar-refractivity contribution >= 4 is 39.1 Å². The minimum Gasteiger partial charge on any atom is -0.378 e. The Morgan fingerprint density at radius 2 is 1.65 bits per heavy atom. The number of hydrogen-bond acceptors (Lipinski definition) is 5. The Morgan fingerprint density at radius 3 is 2.23 bits per heavy atom. The molecule has 0 aromatic heterocycles. The highest BCUT2D eigenvalue weighted by Gasteiger charge is 2.46.